The van der Waals surface area contributed by atoms with Crippen LogP contribution in [-0.2, 0) is 32.6 Å². The lowest BCUT2D eigenvalue weighted by molar-refractivity contribution is 0.0686. The van der Waals surface area contributed by atoms with Gasteiger partial charge in [-0.15, -0.1) is 0 Å². The van der Waals surface area contributed by atoms with Crippen molar-refractivity contribution in [2.45, 2.75) is 147 Å². The van der Waals surface area contributed by atoms with Crippen LogP contribution in [0.3, 0.4) is 0 Å². The molecular weight excluding hydrogens is 943 g/mol. The first-order valence-corrected chi connectivity index (χ1v) is 27.0. The summed E-state index contributed by atoms with van der Waals surface area (Å²) in [6, 6.07) is 51.8. The van der Waals surface area contributed by atoms with Crippen molar-refractivity contribution in [3.8, 4) is 5.75 Å². The zero-order valence-electron chi connectivity index (χ0n) is 46.3. The Morgan fingerprint density at radius 3 is 0.816 bits per heavy atom. The first-order chi connectivity index (χ1) is 36.0. The van der Waals surface area contributed by atoms with E-state index in [-0.39, 0.29) is 33.3 Å². The van der Waals surface area contributed by atoms with Crippen LogP contribution in [0.5, 0.6) is 5.75 Å². The van der Waals surface area contributed by atoms with Gasteiger partial charge in [0.05, 0.1) is 22.2 Å². The summed E-state index contributed by atoms with van der Waals surface area (Å²) >= 11 is 0. The van der Waals surface area contributed by atoms with Crippen molar-refractivity contribution in [3.05, 3.63) is 241 Å². The van der Waals surface area contributed by atoms with Gasteiger partial charge < -0.3 is 26.2 Å². The lowest BCUT2D eigenvalue weighted by atomic mass is 9.63. The molecule has 0 aliphatic rings. The maximum atomic E-state index is 13.2. The van der Waals surface area contributed by atoms with Crippen LogP contribution in [0.15, 0.2) is 158 Å². The zero-order valence-corrected chi connectivity index (χ0v) is 46.3. The second kappa shape index (κ2) is 21.7. The van der Waals surface area contributed by atoms with Gasteiger partial charge >= 0.3 is 17.9 Å². The fourth-order valence-electron chi connectivity index (χ4n) is 11.9. The number of nitrogens with two attached hydrogens (primary N) is 1. The molecule has 0 fully saturated rings. The average Bonchev–Trinajstić information content (AvgIpc) is 3.45. The third-order valence-corrected chi connectivity index (χ3v) is 18.5. The number of benzene rings is 7. The summed E-state index contributed by atoms with van der Waals surface area (Å²) in [6.45, 7) is 24.0. The molecule has 7 aromatic rings. The average molecular weight is 1020 g/mol. The van der Waals surface area contributed by atoms with Crippen LogP contribution in [0.25, 0.3) is 0 Å². The van der Waals surface area contributed by atoms with Gasteiger partial charge in [0.2, 0.25) is 0 Å². The zero-order chi connectivity index (χ0) is 55.6. The van der Waals surface area contributed by atoms with Gasteiger partial charge in [0.25, 0.3) is 0 Å². The van der Waals surface area contributed by atoms with Crippen LogP contribution in [0, 0.1) is 0 Å². The number of aromatic hydroxyl groups is 1. The second-order valence-electron chi connectivity index (χ2n) is 22.0. The highest BCUT2D eigenvalue weighted by atomic mass is 16.4. The van der Waals surface area contributed by atoms with E-state index in [1.807, 2.05) is 43.3 Å². The first-order valence-electron chi connectivity index (χ1n) is 27.0. The van der Waals surface area contributed by atoms with Crippen molar-refractivity contribution in [2.24, 2.45) is 5.73 Å². The van der Waals surface area contributed by atoms with Gasteiger partial charge in [0.15, 0.2) is 0 Å². The van der Waals surface area contributed by atoms with E-state index in [0.29, 0.717) is 12.8 Å². The maximum absolute atomic E-state index is 13.2. The molecule has 0 aliphatic carbocycles. The summed E-state index contributed by atoms with van der Waals surface area (Å²) < 4.78 is 0. The lowest BCUT2D eigenvalue weighted by Crippen LogP contribution is -2.34. The molecule has 76 heavy (non-hydrogen) atoms. The molecule has 5 unspecified atom stereocenters. The van der Waals surface area contributed by atoms with Crippen LogP contribution < -0.4 is 5.73 Å². The molecule has 0 heterocycles. The SMILES string of the molecule is CCC(C)(c1ccc(C(=O)O)cc1)c1ccc(C(C)(CC)c2cc(C(CC)(CC)c3ccc(C(C)(CC)c4ccc(C(=O)O)cc4)cc3)cc(C(C)(CC)c3ccc(C(C)(N)c4ccc(C(=O)O)cc4)cc3)c2O)cc1. The predicted molar refractivity (Wildman–Crippen MR) is 307 cm³/mol. The summed E-state index contributed by atoms with van der Waals surface area (Å²) in [5.74, 6) is -2.64. The fraction of sp³-hybridized carbons (Fsp3) is 0.338. The maximum Gasteiger partial charge on any atom is 0.335 e. The Bertz CT molecular complexity index is 3190. The summed E-state index contributed by atoms with van der Waals surface area (Å²) in [5.41, 5.74) is 16.4. The Morgan fingerprint density at radius 2 is 0.566 bits per heavy atom. The molecule has 0 saturated carbocycles. The molecule has 0 bridgehead atoms. The summed E-state index contributed by atoms with van der Waals surface area (Å²) in [7, 11) is 0. The first kappa shape index (κ1) is 56.4. The quantitative estimate of drug-likeness (QED) is 0.0476. The largest absolute Gasteiger partial charge is 0.507 e. The van der Waals surface area contributed by atoms with Gasteiger partial charge in [-0.1, -0.05) is 191 Å². The summed E-state index contributed by atoms with van der Waals surface area (Å²) in [5, 5.41) is 42.0. The molecule has 0 saturated heterocycles. The Labute approximate surface area is 450 Å². The number of carboxylic acids is 3. The van der Waals surface area contributed by atoms with Crippen molar-refractivity contribution in [1.82, 2.24) is 0 Å². The van der Waals surface area contributed by atoms with E-state index in [4.69, 9.17) is 5.73 Å². The monoisotopic (exact) mass is 1020 g/mol. The highest BCUT2D eigenvalue weighted by Gasteiger charge is 2.41. The molecule has 8 nitrogen and oxygen atoms in total. The molecule has 0 amide bonds. The topological polar surface area (TPSA) is 158 Å². The van der Waals surface area contributed by atoms with E-state index in [1.165, 1.54) is 5.56 Å². The van der Waals surface area contributed by atoms with Crippen LogP contribution >= 0.6 is 0 Å². The van der Waals surface area contributed by atoms with Crippen molar-refractivity contribution in [1.29, 1.82) is 0 Å². The Morgan fingerprint density at radius 1 is 0.342 bits per heavy atom. The molecule has 7 rings (SSSR count). The summed E-state index contributed by atoms with van der Waals surface area (Å²) in [6.07, 6.45) is 4.54. The number of carboxylic acid groups (broad SMARTS) is 3. The minimum Gasteiger partial charge on any atom is -0.507 e. The van der Waals surface area contributed by atoms with Crippen LogP contribution in [0.2, 0.25) is 0 Å². The second-order valence-corrected chi connectivity index (χ2v) is 22.0. The minimum atomic E-state index is -0.994. The Balaban J connectivity index is 1.40. The smallest absolute Gasteiger partial charge is 0.335 e. The van der Waals surface area contributed by atoms with E-state index in [0.717, 1.165) is 86.9 Å². The summed E-state index contributed by atoms with van der Waals surface area (Å²) in [4.78, 5) is 35.1. The molecular formula is C68H77NO7. The predicted octanol–water partition coefficient (Wildman–Crippen LogP) is 15.7. The van der Waals surface area contributed by atoms with Crippen molar-refractivity contribution < 1.29 is 34.8 Å². The normalized spacial score (nSPS) is 15.8. The number of phenolic OH excluding ortho intramolecular Hbond substituents is 1. The van der Waals surface area contributed by atoms with Crippen LogP contribution in [0.4, 0.5) is 0 Å². The van der Waals surface area contributed by atoms with Crippen molar-refractivity contribution in [2.75, 3.05) is 0 Å². The molecule has 0 radical (unpaired) electrons. The molecule has 0 aromatic heterocycles. The molecule has 7 aromatic carbocycles. The minimum absolute atomic E-state index is 0.196. The number of hydrogen-bond donors (Lipinski definition) is 5. The highest BCUT2D eigenvalue weighted by molar-refractivity contribution is 5.88. The van der Waals surface area contributed by atoms with E-state index >= 15 is 0 Å². The van der Waals surface area contributed by atoms with E-state index in [2.05, 4.69) is 142 Å². The van der Waals surface area contributed by atoms with Crippen molar-refractivity contribution in [3.63, 3.8) is 0 Å². The van der Waals surface area contributed by atoms with Gasteiger partial charge in [-0.3, -0.25) is 0 Å². The standard InChI is InChI=1S/C68H77NO7/c1-12-63(7,47-24-18-44(19-25-47)60(71)72)49-30-32-51(33-31-49)65(9,14-3)57-42-56(68(16-5,17-6)55-40-36-50(37-41-55)64(8,13-2)48-26-20-45(21-27-48)61(73)74)43-58(59(57)70)66(10,15-4)52-34-38-54(39-35-52)67(11,69)53-28-22-46(23-29-53)62(75)76/h18-43,70H,12-17,69H2,1-11H3,(H,71,72)(H,73,74)(H,75,76). The molecule has 0 aliphatic heterocycles. The van der Waals surface area contributed by atoms with Crippen LogP contribution in [0.1, 0.15) is 213 Å². The number of phenols is 1. The molecule has 6 N–H and O–H groups in total. The number of hydrogen-bond acceptors (Lipinski definition) is 5. The van der Waals surface area contributed by atoms with Gasteiger partial charge in [0, 0.05) is 38.2 Å². The van der Waals surface area contributed by atoms with Gasteiger partial charge in [-0.05, 0) is 137 Å². The highest BCUT2D eigenvalue weighted by Crippen LogP contribution is 2.52. The molecule has 0 spiro atoms. The van der Waals surface area contributed by atoms with E-state index < -0.39 is 39.7 Å². The number of carbonyl (C=O) groups is 3. The Kier molecular flexibility index (Phi) is 16.1. The molecule has 396 valence electrons. The van der Waals surface area contributed by atoms with Crippen LogP contribution in [-0.4, -0.2) is 38.3 Å². The van der Waals surface area contributed by atoms with Gasteiger partial charge in [-0.2, -0.15) is 0 Å². The Hall–Kier alpha value is -7.29. The lowest BCUT2D eigenvalue weighted by Gasteiger charge is -2.40. The number of rotatable bonds is 21. The molecule has 5 atom stereocenters. The third kappa shape index (κ3) is 9.88. The van der Waals surface area contributed by atoms with Gasteiger partial charge in [0.1, 0.15) is 5.75 Å². The van der Waals surface area contributed by atoms with Crippen molar-refractivity contribution >= 4 is 17.9 Å². The fourth-order valence-corrected chi connectivity index (χ4v) is 11.9. The third-order valence-electron chi connectivity index (χ3n) is 18.5. The van der Waals surface area contributed by atoms with Gasteiger partial charge in [-0.25, -0.2) is 14.4 Å². The molecule has 8 heteroatoms. The van der Waals surface area contributed by atoms with E-state index in [9.17, 15) is 34.8 Å². The number of aromatic carboxylic acids is 3. The van der Waals surface area contributed by atoms with E-state index in [1.54, 1.807) is 48.5 Å².